The van der Waals surface area contributed by atoms with Crippen LogP contribution in [-0.2, 0) is 6.54 Å². The fourth-order valence-corrected chi connectivity index (χ4v) is 1.84. The lowest BCUT2D eigenvalue weighted by Gasteiger charge is -2.12. The van der Waals surface area contributed by atoms with Crippen molar-refractivity contribution in [1.82, 2.24) is 15.1 Å². The van der Waals surface area contributed by atoms with Gasteiger partial charge in [-0.3, -0.25) is 9.48 Å². The molecule has 0 fully saturated rings. The molecule has 1 rings (SSSR count). The molecule has 0 saturated heterocycles. The molecule has 1 unspecified atom stereocenters. The van der Waals surface area contributed by atoms with Crippen LogP contribution in [0, 0.1) is 12.8 Å². The van der Waals surface area contributed by atoms with E-state index >= 15 is 0 Å². The van der Waals surface area contributed by atoms with Crippen molar-refractivity contribution in [3.63, 3.8) is 0 Å². The standard InChI is InChI=1S/C14H25N3O2/c1-10(2)5-7-17-12(4)13(9-15-17)14(19)16-11(3)6-8-18/h9-11,18H,5-8H2,1-4H3,(H,16,19). The van der Waals surface area contributed by atoms with Gasteiger partial charge in [0, 0.05) is 24.9 Å². The van der Waals surface area contributed by atoms with Gasteiger partial charge >= 0.3 is 0 Å². The first-order valence-electron chi connectivity index (χ1n) is 6.89. The normalized spacial score (nSPS) is 12.7. The van der Waals surface area contributed by atoms with Gasteiger partial charge < -0.3 is 10.4 Å². The molecule has 2 N–H and O–H groups in total. The first-order chi connectivity index (χ1) is 8.95. The van der Waals surface area contributed by atoms with E-state index in [1.165, 1.54) is 0 Å². The second-order valence-electron chi connectivity index (χ2n) is 5.44. The molecule has 0 radical (unpaired) electrons. The number of aryl methyl sites for hydroxylation is 1. The van der Waals surface area contributed by atoms with E-state index in [4.69, 9.17) is 5.11 Å². The average Bonchev–Trinajstić information content (AvgIpc) is 2.68. The quantitative estimate of drug-likeness (QED) is 0.790. The number of carbonyl (C=O) groups is 1. The summed E-state index contributed by atoms with van der Waals surface area (Å²) in [6, 6.07) is -0.0316. The number of hydrogen-bond acceptors (Lipinski definition) is 3. The summed E-state index contributed by atoms with van der Waals surface area (Å²) in [6.45, 7) is 9.05. The van der Waals surface area contributed by atoms with E-state index in [1.54, 1.807) is 6.20 Å². The maximum atomic E-state index is 12.1. The SMILES string of the molecule is Cc1c(C(=O)NC(C)CCO)cnn1CCC(C)C. The van der Waals surface area contributed by atoms with Crippen LogP contribution in [0.25, 0.3) is 0 Å². The van der Waals surface area contributed by atoms with Crippen LogP contribution >= 0.6 is 0 Å². The molecule has 19 heavy (non-hydrogen) atoms. The monoisotopic (exact) mass is 267 g/mol. The molecule has 5 nitrogen and oxygen atoms in total. The molecule has 1 aromatic heterocycles. The highest BCUT2D eigenvalue weighted by atomic mass is 16.3. The van der Waals surface area contributed by atoms with Crippen molar-refractivity contribution in [2.24, 2.45) is 5.92 Å². The minimum atomic E-state index is -0.116. The van der Waals surface area contributed by atoms with Gasteiger partial charge in [0.1, 0.15) is 0 Å². The molecule has 5 heteroatoms. The Morgan fingerprint density at radius 2 is 2.11 bits per heavy atom. The molecule has 0 aliphatic heterocycles. The molecule has 0 aliphatic carbocycles. The summed E-state index contributed by atoms with van der Waals surface area (Å²) in [5.41, 5.74) is 1.52. The summed E-state index contributed by atoms with van der Waals surface area (Å²) >= 11 is 0. The van der Waals surface area contributed by atoms with E-state index in [0.29, 0.717) is 17.9 Å². The number of aliphatic hydroxyl groups is 1. The highest BCUT2D eigenvalue weighted by Gasteiger charge is 2.15. The highest BCUT2D eigenvalue weighted by molar-refractivity contribution is 5.95. The zero-order chi connectivity index (χ0) is 14.4. The highest BCUT2D eigenvalue weighted by Crippen LogP contribution is 2.10. The van der Waals surface area contributed by atoms with E-state index in [-0.39, 0.29) is 18.6 Å². The summed E-state index contributed by atoms with van der Waals surface area (Å²) < 4.78 is 1.88. The van der Waals surface area contributed by atoms with Crippen molar-refractivity contribution in [3.8, 4) is 0 Å². The molecule has 1 heterocycles. The van der Waals surface area contributed by atoms with Crippen LogP contribution in [-0.4, -0.2) is 33.4 Å². The Hall–Kier alpha value is -1.36. The van der Waals surface area contributed by atoms with E-state index in [9.17, 15) is 4.79 Å². The average molecular weight is 267 g/mol. The lowest BCUT2D eigenvalue weighted by Crippen LogP contribution is -2.33. The van der Waals surface area contributed by atoms with Crippen molar-refractivity contribution in [3.05, 3.63) is 17.5 Å². The van der Waals surface area contributed by atoms with Crippen molar-refractivity contribution >= 4 is 5.91 Å². The van der Waals surface area contributed by atoms with Gasteiger partial charge in [-0.2, -0.15) is 5.10 Å². The van der Waals surface area contributed by atoms with Crippen LogP contribution in [0.3, 0.4) is 0 Å². The Morgan fingerprint density at radius 3 is 2.68 bits per heavy atom. The van der Waals surface area contributed by atoms with Crippen LogP contribution in [0.5, 0.6) is 0 Å². The van der Waals surface area contributed by atoms with Gasteiger partial charge in [0.2, 0.25) is 0 Å². The van der Waals surface area contributed by atoms with Gasteiger partial charge in [-0.25, -0.2) is 0 Å². The van der Waals surface area contributed by atoms with Gasteiger partial charge in [0.25, 0.3) is 5.91 Å². The van der Waals surface area contributed by atoms with Crippen molar-refractivity contribution < 1.29 is 9.90 Å². The fraction of sp³-hybridized carbons (Fsp3) is 0.714. The van der Waals surface area contributed by atoms with Crippen LogP contribution in [0.4, 0.5) is 0 Å². The number of aromatic nitrogens is 2. The molecule has 1 amide bonds. The number of carbonyl (C=O) groups excluding carboxylic acids is 1. The Bertz CT molecular complexity index is 413. The smallest absolute Gasteiger partial charge is 0.254 e. The third kappa shape index (κ3) is 4.67. The van der Waals surface area contributed by atoms with Crippen LogP contribution in [0.2, 0.25) is 0 Å². The Balaban J connectivity index is 2.66. The molecule has 0 bridgehead atoms. The Kier molecular flexibility index (Phi) is 6.02. The number of aliphatic hydroxyl groups excluding tert-OH is 1. The maximum Gasteiger partial charge on any atom is 0.254 e. The van der Waals surface area contributed by atoms with Gasteiger partial charge in [0.15, 0.2) is 0 Å². The van der Waals surface area contributed by atoms with Crippen LogP contribution in [0.15, 0.2) is 6.20 Å². The van der Waals surface area contributed by atoms with Crippen molar-refractivity contribution in [2.45, 2.75) is 53.1 Å². The number of nitrogens with zero attached hydrogens (tertiary/aromatic N) is 2. The fourth-order valence-electron chi connectivity index (χ4n) is 1.84. The summed E-state index contributed by atoms with van der Waals surface area (Å²) in [4.78, 5) is 12.1. The number of rotatable bonds is 7. The third-order valence-electron chi connectivity index (χ3n) is 3.21. The predicted molar refractivity (Wildman–Crippen MR) is 75.1 cm³/mol. The molecule has 0 aliphatic rings. The largest absolute Gasteiger partial charge is 0.396 e. The zero-order valence-corrected chi connectivity index (χ0v) is 12.3. The first-order valence-corrected chi connectivity index (χ1v) is 6.89. The number of hydrogen-bond donors (Lipinski definition) is 2. The minimum absolute atomic E-state index is 0.0316. The lowest BCUT2D eigenvalue weighted by atomic mass is 10.1. The lowest BCUT2D eigenvalue weighted by molar-refractivity contribution is 0.0933. The van der Waals surface area contributed by atoms with Gasteiger partial charge in [-0.1, -0.05) is 13.8 Å². The molecule has 0 saturated carbocycles. The Morgan fingerprint density at radius 1 is 1.42 bits per heavy atom. The summed E-state index contributed by atoms with van der Waals surface area (Å²) in [5.74, 6) is 0.500. The van der Waals surface area contributed by atoms with Crippen LogP contribution in [0.1, 0.15) is 49.7 Å². The van der Waals surface area contributed by atoms with Gasteiger partial charge in [-0.05, 0) is 32.6 Å². The topological polar surface area (TPSA) is 67.2 Å². The minimum Gasteiger partial charge on any atom is -0.396 e. The Labute approximate surface area is 115 Å². The number of amides is 1. The van der Waals surface area contributed by atoms with E-state index in [2.05, 4.69) is 24.3 Å². The molecule has 1 atom stereocenters. The van der Waals surface area contributed by atoms with E-state index in [1.807, 2.05) is 18.5 Å². The van der Waals surface area contributed by atoms with E-state index in [0.717, 1.165) is 18.7 Å². The third-order valence-corrected chi connectivity index (χ3v) is 3.21. The van der Waals surface area contributed by atoms with Crippen LogP contribution < -0.4 is 5.32 Å². The van der Waals surface area contributed by atoms with Crippen molar-refractivity contribution in [2.75, 3.05) is 6.61 Å². The van der Waals surface area contributed by atoms with Crippen molar-refractivity contribution in [1.29, 1.82) is 0 Å². The zero-order valence-electron chi connectivity index (χ0n) is 12.3. The molecular weight excluding hydrogens is 242 g/mol. The maximum absolute atomic E-state index is 12.1. The number of nitrogens with one attached hydrogen (secondary N) is 1. The van der Waals surface area contributed by atoms with E-state index < -0.39 is 0 Å². The first kappa shape index (κ1) is 15.7. The van der Waals surface area contributed by atoms with Gasteiger partial charge in [-0.15, -0.1) is 0 Å². The summed E-state index contributed by atoms with van der Waals surface area (Å²) in [5, 5.41) is 16.0. The second kappa shape index (κ2) is 7.28. The molecule has 108 valence electrons. The van der Waals surface area contributed by atoms with Gasteiger partial charge in [0.05, 0.1) is 11.8 Å². The second-order valence-corrected chi connectivity index (χ2v) is 5.44. The summed E-state index contributed by atoms with van der Waals surface area (Å²) in [7, 11) is 0. The molecule has 1 aromatic rings. The molecule has 0 aromatic carbocycles. The molecule has 0 spiro atoms. The predicted octanol–water partition coefficient (Wildman–Crippen LogP) is 1.74. The summed E-state index contributed by atoms with van der Waals surface area (Å²) in [6.07, 6.45) is 3.23. The molecular formula is C14H25N3O2.